The highest BCUT2D eigenvalue weighted by Crippen LogP contribution is 2.23. The first-order valence-corrected chi connectivity index (χ1v) is 4.84. The van der Waals surface area contributed by atoms with Crippen molar-refractivity contribution in [2.45, 2.75) is 6.04 Å². The zero-order valence-electron chi connectivity index (χ0n) is 8.22. The van der Waals surface area contributed by atoms with E-state index in [1.807, 2.05) is 0 Å². The van der Waals surface area contributed by atoms with Crippen molar-refractivity contribution in [2.75, 3.05) is 18.5 Å². The molecule has 0 amide bonds. The zero-order chi connectivity index (χ0) is 12.1. The number of carbonyl (C=O) groups is 1. The Hall–Kier alpha value is -1.37. The molecule has 0 atom stereocenters. The van der Waals surface area contributed by atoms with Crippen molar-refractivity contribution < 1.29 is 20.1 Å². The van der Waals surface area contributed by atoms with Crippen molar-refractivity contribution in [3.8, 4) is 0 Å². The summed E-state index contributed by atoms with van der Waals surface area (Å²) < 4.78 is 0. The molecule has 7 heteroatoms. The summed E-state index contributed by atoms with van der Waals surface area (Å²) in [5.41, 5.74) is -0.0891. The number of rotatable bonds is 5. The molecule has 6 nitrogen and oxygen atoms in total. The van der Waals surface area contributed by atoms with E-state index in [-0.39, 0.29) is 29.6 Å². The van der Waals surface area contributed by atoms with Crippen molar-refractivity contribution in [2.24, 2.45) is 0 Å². The van der Waals surface area contributed by atoms with Crippen LogP contribution >= 0.6 is 11.6 Å². The van der Waals surface area contributed by atoms with Gasteiger partial charge in [-0.15, -0.1) is 0 Å². The number of nitrogens with one attached hydrogen (secondary N) is 1. The molecule has 0 spiro atoms. The molecule has 1 rings (SSSR count). The van der Waals surface area contributed by atoms with Crippen molar-refractivity contribution in [3.05, 3.63) is 22.8 Å². The number of nitrogens with zero attached hydrogens (tertiary/aromatic N) is 1. The maximum Gasteiger partial charge on any atom is 0.337 e. The number of pyridine rings is 1. The number of carboxylic acids is 1. The fourth-order valence-corrected chi connectivity index (χ4v) is 1.30. The molecule has 0 aliphatic heterocycles. The lowest BCUT2D eigenvalue weighted by Crippen LogP contribution is -2.28. The molecule has 0 saturated heterocycles. The van der Waals surface area contributed by atoms with E-state index in [9.17, 15) is 4.79 Å². The third kappa shape index (κ3) is 2.82. The normalized spacial score (nSPS) is 10.5. The van der Waals surface area contributed by atoms with Gasteiger partial charge in [-0.3, -0.25) is 0 Å². The Balaban J connectivity index is 2.97. The molecule has 16 heavy (non-hydrogen) atoms. The second-order valence-corrected chi connectivity index (χ2v) is 3.41. The van der Waals surface area contributed by atoms with Crippen LogP contribution in [0.4, 0.5) is 5.82 Å². The van der Waals surface area contributed by atoms with E-state index in [4.69, 9.17) is 26.9 Å². The molecule has 0 aliphatic rings. The largest absolute Gasteiger partial charge is 0.478 e. The van der Waals surface area contributed by atoms with Gasteiger partial charge in [0.05, 0.1) is 29.8 Å². The first kappa shape index (κ1) is 12.7. The van der Waals surface area contributed by atoms with E-state index in [1.165, 1.54) is 12.3 Å². The van der Waals surface area contributed by atoms with Gasteiger partial charge in [0.25, 0.3) is 0 Å². The summed E-state index contributed by atoms with van der Waals surface area (Å²) in [6.45, 7) is -0.627. The second kappa shape index (κ2) is 5.64. The standard InChI is InChI=1S/C9H11ClN2O4/c10-7-6(9(15)16)1-2-11-8(7)12-5(3-13)4-14/h1-2,5,13-14H,3-4H2,(H,11,12)(H,15,16). The van der Waals surface area contributed by atoms with Crippen LogP contribution in [-0.4, -0.2) is 45.5 Å². The summed E-state index contributed by atoms with van der Waals surface area (Å²) in [6.07, 6.45) is 1.28. The number of carboxylic acid groups (broad SMARTS) is 1. The first-order valence-electron chi connectivity index (χ1n) is 4.46. The smallest absolute Gasteiger partial charge is 0.337 e. The van der Waals surface area contributed by atoms with Crippen LogP contribution in [0.1, 0.15) is 10.4 Å². The molecule has 1 heterocycles. The zero-order valence-corrected chi connectivity index (χ0v) is 8.98. The van der Waals surface area contributed by atoms with Gasteiger partial charge >= 0.3 is 5.97 Å². The molecule has 0 bridgehead atoms. The minimum Gasteiger partial charge on any atom is -0.478 e. The quantitative estimate of drug-likeness (QED) is 0.592. The fraction of sp³-hybridized carbons (Fsp3) is 0.333. The topological polar surface area (TPSA) is 103 Å². The molecule has 0 unspecified atom stereocenters. The van der Waals surface area contributed by atoms with Gasteiger partial charge in [-0.2, -0.15) is 0 Å². The minimum absolute atomic E-state index is 0.0538. The van der Waals surface area contributed by atoms with Crippen molar-refractivity contribution in [3.63, 3.8) is 0 Å². The molecule has 0 aromatic carbocycles. The van der Waals surface area contributed by atoms with E-state index in [1.54, 1.807) is 0 Å². The summed E-state index contributed by atoms with van der Waals surface area (Å²) in [7, 11) is 0. The number of aliphatic hydroxyl groups excluding tert-OH is 2. The predicted octanol–water partition coefficient (Wildman–Crippen LogP) is 0.198. The van der Waals surface area contributed by atoms with Crippen LogP contribution in [0.5, 0.6) is 0 Å². The van der Waals surface area contributed by atoms with Crippen LogP contribution in [0.15, 0.2) is 12.3 Å². The summed E-state index contributed by atoms with van der Waals surface area (Å²) in [6, 6.07) is 0.636. The fourth-order valence-electron chi connectivity index (χ4n) is 1.05. The molecule has 88 valence electrons. The maximum atomic E-state index is 10.8. The van der Waals surface area contributed by atoms with Crippen LogP contribution in [0.2, 0.25) is 5.02 Å². The number of halogens is 1. The average molecular weight is 247 g/mol. The van der Waals surface area contributed by atoms with Crippen LogP contribution in [0.3, 0.4) is 0 Å². The third-order valence-electron chi connectivity index (χ3n) is 1.90. The summed E-state index contributed by atoms with van der Waals surface area (Å²) in [4.78, 5) is 14.6. The first-order chi connectivity index (χ1) is 7.60. The molecule has 0 aliphatic carbocycles. The molecule has 0 radical (unpaired) electrons. The number of aromatic nitrogens is 1. The van der Waals surface area contributed by atoms with Crippen LogP contribution in [-0.2, 0) is 0 Å². The Bertz CT molecular complexity index is 382. The molecule has 0 fully saturated rings. The van der Waals surface area contributed by atoms with Crippen molar-refractivity contribution >= 4 is 23.4 Å². The SMILES string of the molecule is O=C(O)c1ccnc(NC(CO)CO)c1Cl. The number of hydrogen-bond acceptors (Lipinski definition) is 5. The number of hydrogen-bond donors (Lipinski definition) is 4. The van der Waals surface area contributed by atoms with Gasteiger partial charge in [-0.25, -0.2) is 9.78 Å². The van der Waals surface area contributed by atoms with Crippen LogP contribution < -0.4 is 5.32 Å². The van der Waals surface area contributed by atoms with E-state index >= 15 is 0 Å². The Morgan fingerprint density at radius 2 is 2.12 bits per heavy atom. The van der Waals surface area contributed by atoms with Gasteiger partial charge in [-0.05, 0) is 6.07 Å². The predicted molar refractivity (Wildman–Crippen MR) is 57.8 cm³/mol. The second-order valence-electron chi connectivity index (χ2n) is 3.03. The van der Waals surface area contributed by atoms with Gasteiger partial charge in [0.1, 0.15) is 5.82 Å². The Labute approximate surface area is 96.5 Å². The van der Waals surface area contributed by atoms with E-state index in [0.717, 1.165) is 0 Å². The van der Waals surface area contributed by atoms with E-state index < -0.39 is 12.0 Å². The number of aromatic carboxylic acids is 1. The lowest BCUT2D eigenvalue weighted by Gasteiger charge is -2.15. The van der Waals surface area contributed by atoms with Gasteiger partial charge in [0, 0.05) is 6.20 Å². The number of anilines is 1. The molecule has 1 aromatic heterocycles. The highest BCUT2D eigenvalue weighted by Gasteiger charge is 2.15. The van der Waals surface area contributed by atoms with E-state index in [0.29, 0.717) is 0 Å². The van der Waals surface area contributed by atoms with Crippen LogP contribution in [0, 0.1) is 0 Å². The number of aliphatic hydroxyl groups is 2. The maximum absolute atomic E-state index is 10.8. The molecular weight excluding hydrogens is 236 g/mol. The molecule has 0 saturated carbocycles. The average Bonchev–Trinajstić information content (AvgIpc) is 2.27. The highest BCUT2D eigenvalue weighted by molar-refractivity contribution is 6.35. The van der Waals surface area contributed by atoms with Crippen molar-refractivity contribution in [1.82, 2.24) is 4.98 Å². The Morgan fingerprint density at radius 1 is 1.50 bits per heavy atom. The van der Waals surface area contributed by atoms with E-state index in [2.05, 4.69) is 10.3 Å². The van der Waals surface area contributed by atoms with Crippen molar-refractivity contribution in [1.29, 1.82) is 0 Å². The Morgan fingerprint density at radius 3 is 2.62 bits per heavy atom. The Kier molecular flexibility index (Phi) is 4.48. The third-order valence-corrected chi connectivity index (χ3v) is 2.28. The van der Waals surface area contributed by atoms with Gasteiger partial charge < -0.3 is 20.6 Å². The molecule has 1 aromatic rings. The lowest BCUT2D eigenvalue weighted by molar-refractivity contribution is 0.0697. The lowest BCUT2D eigenvalue weighted by atomic mass is 10.2. The van der Waals surface area contributed by atoms with Gasteiger partial charge in [0.15, 0.2) is 0 Å². The monoisotopic (exact) mass is 246 g/mol. The summed E-state index contributed by atoms with van der Waals surface area (Å²) in [5, 5.41) is 29.1. The van der Waals surface area contributed by atoms with Gasteiger partial charge in [0.2, 0.25) is 0 Å². The van der Waals surface area contributed by atoms with Gasteiger partial charge in [-0.1, -0.05) is 11.6 Å². The highest BCUT2D eigenvalue weighted by atomic mass is 35.5. The minimum atomic E-state index is -1.17. The van der Waals surface area contributed by atoms with Crippen LogP contribution in [0.25, 0.3) is 0 Å². The molecular formula is C9H11ClN2O4. The summed E-state index contributed by atoms with van der Waals surface area (Å²) >= 11 is 5.79. The summed E-state index contributed by atoms with van der Waals surface area (Å²) in [5.74, 6) is -1.05. The molecule has 4 N–H and O–H groups in total.